The van der Waals surface area contributed by atoms with Crippen molar-refractivity contribution < 1.29 is 4.79 Å². The number of aryl methyl sites for hydroxylation is 1. The van der Waals surface area contributed by atoms with Gasteiger partial charge in [-0.2, -0.15) is 0 Å². The van der Waals surface area contributed by atoms with Gasteiger partial charge in [-0.15, -0.1) is 0 Å². The Balaban J connectivity index is 2.17. The fraction of sp³-hybridized carbons (Fsp3) is 0.588. The summed E-state index contributed by atoms with van der Waals surface area (Å²) in [6, 6.07) is 6.77. The molecule has 2 nitrogen and oxygen atoms in total. The summed E-state index contributed by atoms with van der Waals surface area (Å²) in [5.41, 5.74) is 3.58. The first kappa shape index (κ1) is 14.3. The number of rotatable bonds is 6. The van der Waals surface area contributed by atoms with Crippen molar-refractivity contribution in [2.45, 2.75) is 52.0 Å². The van der Waals surface area contributed by atoms with E-state index in [1.807, 2.05) is 12.1 Å². The molecule has 0 saturated heterocycles. The van der Waals surface area contributed by atoms with Crippen molar-refractivity contribution in [1.29, 1.82) is 0 Å². The fourth-order valence-electron chi connectivity index (χ4n) is 3.27. The van der Waals surface area contributed by atoms with Gasteiger partial charge in [0.2, 0.25) is 0 Å². The van der Waals surface area contributed by atoms with Gasteiger partial charge in [0, 0.05) is 11.6 Å². The zero-order valence-corrected chi connectivity index (χ0v) is 12.2. The molecule has 1 atom stereocenters. The minimum atomic E-state index is 0.619. The van der Waals surface area contributed by atoms with E-state index in [9.17, 15) is 4.79 Å². The highest BCUT2D eigenvalue weighted by atomic mass is 16.1. The predicted molar refractivity (Wildman–Crippen MR) is 79.8 cm³/mol. The molecule has 0 spiro atoms. The molecular formula is C17H25NO. The topological polar surface area (TPSA) is 20.3 Å². The molecule has 0 N–H and O–H groups in total. The number of benzene rings is 1. The fourth-order valence-corrected chi connectivity index (χ4v) is 3.27. The van der Waals surface area contributed by atoms with E-state index in [-0.39, 0.29) is 0 Å². The lowest BCUT2D eigenvalue weighted by atomic mass is 9.85. The number of nitrogens with zero attached hydrogens (tertiary/aromatic N) is 1. The molecular weight excluding hydrogens is 234 g/mol. The SMILES string of the molecule is CCCN(CCC)C1CCc2cccc(C=O)c2C1. The lowest BCUT2D eigenvalue weighted by Crippen LogP contribution is -2.40. The second kappa shape index (κ2) is 6.85. The molecule has 0 fully saturated rings. The van der Waals surface area contributed by atoms with Crippen LogP contribution in [0, 0.1) is 0 Å². The van der Waals surface area contributed by atoms with Gasteiger partial charge in [-0.05, 0) is 56.3 Å². The zero-order chi connectivity index (χ0) is 13.7. The molecule has 0 aliphatic heterocycles. The molecule has 2 heteroatoms. The largest absolute Gasteiger partial charge is 0.300 e. The van der Waals surface area contributed by atoms with E-state index in [1.54, 1.807) is 0 Å². The maximum atomic E-state index is 11.2. The summed E-state index contributed by atoms with van der Waals surface area (Å²) in [7, 11) is 0. The zero-order valence-electron chi connectivity index (χ0n) is 12.2. The van der Waals surface area contributed by atoms with Crippen LogP contribution in [-0.2, 0) is 12.8 Å². The van der Waals surface area contributed by atoms with E-state index in [0.717, 1.165) is 24.7 Å². The van der Waals surface area contributed by atoms with Gasteiger partial charge in [-0.3, -0.25) is 4.79 Å². The number of hydrogen-bond acceptors (Lipinski definition) is 2. The van der Waals surface area contributed by atoms with Crippen LogP contribution in [0.2, 0.25) is 0 Å². The van der Waals surface area contributed by atoms with Gasteiger partial charge in [-0.1, -0.05) is 32.0 Å². The molecule has 0 amide bonds. The molecule has 1 aromatic carbocycles. The number of carbonyl (C=O) groups excluding carboxylic acids is 1. The van der Waals surface area contributed by atoms with Crippen LogP contribution in [0.15, 0.2) is 18.2 Å². The summed E-state index contributed by atoms with van der Waals surface area (Å²) >= 11 is 0. The molecule has 1 aromatic rings. The summed E-state index contributed by atoms with van der Waals surface area (Å²) in [6.45, 7) is 6.85. The van der Waals surface area contributed by atoms with Crippen molar-refractivity contribution in [3.05, 3.63) is 34.9 Å². The van der Waals surface area contributed by atoms with E-state index in [4.69, 9.17) is 0 Å². The van der Waals surface area contributed by atoms with Crippen molar-refractivity contribution in [2.24, 2.45) is 0 Å². The molecule has 0 aromatic heterocycles. The third-order valence-corrected chi connectivity index (χ3v) is 4.16. The molecule has 1 aliphatic rings. The minimum Gasteiger partial charge on any atom is -0.300 e. The van der Waals surface area contributed by atoms with Gasteiger partial charge in [-0.25, -0.2) is 0 Å². The van der Waals surface area contributed by atoms with Crippen LogP contribution in [0.4, 0.5) is 0 Å². The van der Waals surface area contributed by atoms with Gasteiger partial charge in [0.1, 0.15) is 6.29 Å². The number of fused-ring (bicyclic) bond motifs is 1. The predicted octanol–water partition coefficient (Wildman–Crippen LogP) is 3.48. The standard InChI is InChI=1S/C17H25NO/c1-3-10-18(11-4-2)16-9-8-14-6-5-7-15(13-19)17(14)12-16/h5-7,13,16H,3-4,8-12H2,1-2H3. The van der Waals surface area contributed by atoms with E-state index in [1.165, 1.54) is 43.5 Å². The van der Waals surface area contributed by atoms with Gasteiger partial charge in [0.05, 0.1) is 0 Å². The second-order valence-electron chi connectivity index (χ2n) is 5.54. The highest BCUT2D eigenvalue weighted by Gasteiger charge is 2.24. The lowest BCUT2D eigenvalue weighted by molar-refractivity contribution is 0.112. The highest BCUT2D eigenvalue weighted by Crippen LogP contribution is 2.27. The maximum absolute atomic E-state index is 11.2. The molecule has 104 valence electrons. The quantitative estimate of drug-likeness (QED) is 0.729. The number of aldehydes is 1. The molecule has 19 heavy (non-hydrogen) atoms. The first-order chi connectivity index (χ1) is 9.30. The van der Waals surface area contributed by atoms with E-state index in [2.05, 4.69) is 24.8 Å². The van der Waals surface area contributed by atoms with E-state index >= 15 is 0 Å². The Morgan fingerprint density at radius 2 is 2.00 bits per heavy atom. The first-order valence-electron chi connectivity index (χ1n) is 7.60. The molecule has 0 heterocycles. The average Bonchev–Trinajstić information content (AvgIpc) is 2.46. The highest BCUT2D eigenvalue weighted by molar-refractivity contribution is 5.78. The molecule has 0 saturated carbocycles. The monoisotopic (exact) mass is 259 g/mol. The Morgan fingerprint density at radius 3 is 2.63 bits per heavy atom. The van der Waals surface area contributed by atoms with E-state index in [0.29, 0.717) is 6.04 Å². The Hall–Kier alpha value is -1.15. The Kier molecular flexibility index (Phi) is 5.15. The van der Waals surface area contributed by atoms with Crippen LogP contribution >= 0.6 is 0 Å². The van der Waals surface area contributed by atoms with Gasteiger partial charge >= 0.3 is 0 Å². The van der Waals surface area contributed by atoms with Crippen LogP contribution in [0.5, 0.6) is 0 Å². The Morgan fingerprint density at radius 1 is 1.26 bits per heavy atom. The van der Waals surface area contributed by atoms with Gasteiger partial charge < -0.3 is 4.90 Å². The van der Waals surface area contributed by atoms with Crippen molar-refractivity contribution >= 4 is 6.29 Å². The van der Waals surface area contributed by atoms with Crippen molar-refractivity contribution in [3.8, 4) is 0 Å². The second-order valence-corrected chi connectivity index (χ2v) is 5.54. The molecule has 0 bridgehead atoms. The maximum Gasteiger partial charge on any atom is 0.150 e. The van der Waals surface area contributed by atoms with Gasteiger partial charge in [0.15, 0.2) is 0 Å². The summed E-state index contributed by atoms with van der Waals surface area (Å²) < 4.78 is 0. The molecule has 2 rings (SSSR count). The van der Waals surface area contributed by atoms with Crippen LogP contribution in [0.25, 0.3) is 0 Å². The minimum absolute atomic E-state index is 0.619. The van der Waals surface area contributed by atoms with Crippen LogP contribution < -0.4 is 0 Å². The third-order valence-electron chi connectivity index (χ3n) is 4.16. The molecule has 0 radical (unpaired) electrons. The summed E-state index contributed by atoms with van der Waals surface area (Å²) in [4.78, 5) is 13.8. The smallest absolute Gasteiger partial charge is 0.150 e. The summed E-state index contributed by atoms with van der Waals surface area (Å²) in [6.07, 6.45) is 6.83. The normalized spacial score (nSPS) is 18.4. The van der Waals surface area contributed by atoms with E-state index < -0.39 is 0 Å². The third kappa shape index (κ3) is 3.24. The lowest BCUT2D eigenvalue weighted by Gasteiger charge is -2.35. The van der Waals surface area contributed by atoms with Crippen LogP contribution in [-0.4, -0.2) is 30.3 Å². The summed E-state index contributed by atoms with van der Waals surface area (Å²) in [5.74, 6) is 0. The van der Waals surface area contributed by atoms with Crippen LogP contribution in [0.3, 0.4) is 0 Å². The first-order valence-corrected chi connectivity index (χ1v) is 7.60. The van der Waals surface area contributed by atoms with Crippen molar-refractivity contribution in [3.63, 3.8) is 0 Å². The molecule has 1 unspecified atom stereocenters. The Labute approximate surface area is 116 Å². The number of carbonyl (C=O) groups is 1. The van der Waals surface area contributed by atoms with Crippen molar-refractivity contribution in [2.75, 3.05) is 13.1 Å². The molecule has 1 aliphatic carbocycles. The van der Waals surface area contributed by atoms with Crippen molar-refractivity contribution in [1.82, 2.24) is 4.90 Å². The average molecular weight is 259 g/mol. The van der Waals surface area contributed by atoms with Gasteiger partial charge in [0.25, 0.3) is 0 Å². The summed E-state index contributed by atoms with van der Waals surface area (Å²) in [5, 5.41) is 0. The van der Waals surface area contributed by atoms with Crippen LogP contribution in [0.1, 0.15) is 54.6 Å². The Bertz CT molecular complexity index is 421. The number of hydrogen-bond donors (Lipinski definition) is 0.